The van der Waals surface area contributed by atoms with Crippen molar-refractivity contribution in [1.29, 1.82) is 0 Å². The van der Waals surface area contributed by atoms with Crippen molar-refractivity contribution in [3.8, 4) is 11.3 Å². The van der Waals surface area contributed by atoms with Gasteiger partial charge in [0.1, 0.15) is 6.54 Å². The van der Waals surface area contributed by atoms with Gasteiger partial charge in [-0.2, -0.15) is 0 Å². The molecular formula is C13H14N2O2S. The third-order valence-electron chi connectivity index (χ3n) is 2.56. The average molecular weight is 262 g/mol. The molecule has 0 spiro atoms. The van der Waals surface area contributed by atoms with Gasteiger partial charge in [0.05, 0.1) is 5.69 Å². The van der Waals surface area contributed by atoms with Crippen LogP contribution in [0, 0.1) is 13.8 Å². The molecule has 0 unspecified atom stereocenters. The number of thiazole rings is 1. The number of benzene rings is 1. The fourth-order valence-corrected chi connectivity index (χ4v) is 2.35. The molecule has 0 aliphatic rings. The van der Waals surface area contributed by atoms with Crippen LogP contribution >= 0.6 is 11.3 Å². The summed E-state index contributed by atoms with van der Waals surface area (Å²) in [5.74, 6) is -0.890. The zero-order valence-corrected chi connectivity index (χ0v) is 11.0. The Balaban J connectivity index is 2.23. The Morgan fingerprint density at radius 3 is 2.94 bits per heavy atom. The van der Waals surface area contributed by atoms with Crippen LogP contribution in [0.25, 0.3) is 11.3 Å². The Hall–Kier alpha value is -1.88. The standard InChI is InChI=1S/C13H14N2O2S/c1-8-3-4-9(2)10(5-8)11-7-18-13(15-11)14-6-12(16)17/h3-5,7H,6H2,1-2H3,(H,14,15)(H,16,17). The molecule has 4 nitrogen and oxygen atoms in total. The van der Waals surface area contributed by atoms with Crippen molar-refractivity contribution in [2.75, 3.05) is 11.9 Å². The van der Waals surface area contributed by atoms with Crippen LogP contribution in [0.5, 0.6) is 0 Å². The molecule has 5 heteroatoms. The first-order chi connectivity index (χ1) is 8.56. The van der Waals surface area contributed by atoms with Crippen molar-refractivity contribution in [1.82, 2.24) is 4.98 Å². The summed E-state index contributed by atoms with van der Waals surface area (Å²) in [6, 6.07) is 6.22. The fraction of sp³-hybridized carbons (Fsp3) is 0.231. The average Bonchev–Trinajstić information content (AvgIpc) is 2.78. The van der Waals surface area contributed by atoms with E-state index < -0.39 is 5.97 Å². The number of aromatic nitrogens is 1. The smallest absolute Gasteiger partial charge is 0.322 e. The summed E-state index contributed by atoms with van der Waals surface area (Å²) in [5.41, 5.74) is 4.32. The quantitative estimate of drug-likeness (QED) is 0.889. The van der Waals surface area contributed by atoms with Crippen LogP contribution in [-0.2, 0) is 4.79 Å². The number of carboxylic acid groups (broad SMARTS) is 1. The molecular weight excluding hydrogens is 248 g/mol. The van der Waals surface area contributed by atoms with Gasteiger partial charge in [-0.1, -0.05) is 17.7 Å². The minimum Gasteiger partial charge on any atom is -0.480 e. The minimum absolute atomic E-state index is 0.111. The van der Waals surface area contributed by atoms with Crippen LogP contribution in [0.15, 0.2) is 23.6 Å². The summed E-state index contributed by atoms with van der Waals surface area (Å²) < 4.78 is 0. The third kappa shape index (κ3) is 2.87. The topological polar surface area (TPSA) is 62.2 Å². The molecule has 0 bridgehead atoms. The van der Waals surface area contributed by atoms with Crippen molar-refractivity contribution in [3.63, 3.8) is 0 Å². The highest BCUT2D eigenvalue weighted by molar-refractivity contribution is 7.14. The molecule has 0 fully saturated rings. The van der Waals surface area contributed by atoms with Gasteiger partial charge < -0.3 is 10.4 Å². The van der Waals surface area contributed by atoms with E-state index >= 15 is 0 Å². The molecule has 1 aromatic carbocycles. The molecule has 0 aliphatic carbocycles. The van der Waals surface area contributed by atoms with Gasteiger partial charge in [-0.15, -0.1) is 11.3 Å². The Bertz CT molecular complexity index is 578. The van der Waals surface area contributed by atoms with Crippen molar-refractivity contribution >= 4 is 22.4 Å². The number of aliphatic carboxylic acids is 1. The molecule has 0 saturated heterocycles. The molecule has 0 radical (unpaired) electrons. The maximum Gasteiger partial charge on any atom is 0.322 e. The van der Waals surface area contributed by atoms with Crippen LogP contribution in [0.3, 0.4) is 0 Å². The number of carbonyl (C=O) groups is 1. The number of nitrogens with one attached hydrogen (secondary N) is 1. The SMILES string of the molecule is Cc1ccc(C)c(-c2csc(NCC(=O)O)n2)c1. The lowest BCUT2D eigenvalue weighted by atomic mass is 10.0. The largest absolute Gasteiger partial charge is 0.480 e. The Labute approximate surface area is 109 Å². The van der Waals surface area contributed by atoms with E-state index in [1.54, 1.807) is 0 Å². The van der Waals surface area contributed by atoms with Gasteiger partial charge in [-0.3, -0.25) is 4.79 Å². The van der Waals surface area contributed by atoms with Gasteiger partial charge >= 0.3 is 5.97 Å². The zero-order chi connectivity index (χ0) is 13.1. The van der Waals surface area contributed by atoms with Crippen LogP contribution in [0.1, 0.15) is 11.1 Å². The van der Waals surface area contributed by atoms with E-state index in [9.17, 15) is 4.79 Å². The first-order valence-electron chi connectivity index (χ1n) is 5.55. The van der Waals surface area contributed by atoms with Gasteiger partial charge in [-0.25, -0.2) is 4.98 Å². The summed E-state index contributed by atoms with van der Waals surface area (Å²) >= 11 is 1.42. The van der Waals surface area contributed by atoms with Crippen LogP contribution < -0.4 is 5.32 Å². The molecule has 0 atom stereocenters. The molecule has 2 rings (SSSR count). The number of hydrogen-bond acceptors (Lipinski definition) is 4. The lowest BCUT2D eigenvalue weighted by molar-refractivity contribution is -0.134. The van der Waals surface area contributed by atoms with Gasteiger partial charge in [0.2, 0.25) is 0 Å². The van der Waals surface area contributed by atoms with E-state index in [0.29, 0.717) is 5.13 Å². The van der Waals surface area contributed by atoms with Crippen molar-refractivity contribution < 1.29 is 9.90 Å². The normalized spacial score (nSPS) is 10.3. The summed E-state index contributed by atoms with van der Waals surface area (Å²) in [5, 5.41) is 13.9. The highest BCUT2D eigenvalue weighted by Crippen LogP contribution is 2.28. The molecule has 1 heterocycles. The van der Waals surface area contributed by atoms with Crippen molar-refractivity contribution in [2.24, 2.45) is 0 Å². The number of nitrogens with zero attached hydrogens (tertiary/aromatic N) is 1. The van der Waals surface area contributed by atoms with Gasteiger partial charge in [0.15, 0.2) is 5.13 Å². The van der Waals surface area contributed by atoms with Crippen LogP contribution in [0.4, 0.5) is 5.13 Å². The van der Waals surface area contributed by atoms with Gasteiger partial charge in [0.25, 0.3) is 0 Å². The molecule has 18 heavy (non-hydrogen) atoms. The van der Waals surface area contributed by atoms with E-state index in [0.717, 1.165) is 16.8 Å². The number of hydrogen-bond donors (Lipinski definition) is 2. The summed E-state index contributed by atoms with van der Waals surface area (Å²) in [6.45, 7) is 3.97. The highest BCUT2D eigenvalue weighted by Gasteiger charge is 2.08. The molecule has 0 saturated carbocycles. The fourth-order valence-electron chi connectivity index (χ4n) is 1.64. The summed E-state index contributed by atoms with van der Waals surface area (Å²) in [6.07, 6.45) is 0. The second kappa shape index (κ2) is 5.18. The first-order valence-corrected chi connectivity index (χ1v) is 6.43. The number of rotatable bonds is 4. The highest BCUT2D eigenvalue weighted by atomic mass is 32.1. The van der Waals surface area contributed by atoms with E-state index in [-0.39, 0.29) is 6.54 Å². The van der Waals surface area contributed by atoms with E-state index in [4.69, 9.17) is 5.11 Å². The van der Waals surface area contributed by atoms with E-state index in [1.807, 2.05) is 19.2 Å². The predicted octanol–water partition coefficient (Wildman–Crippen LogP) is 2.92. The van der Waals surface area contributed by atoms with Crippen LogP contribution in [-0.4, -0.2) is 22.6 Å². The number of carboxylic acids is 1. The molecule has 0 amide bonds. The third-order valence-corrected chi connectivity index (χ3v) is 3.36. The minimum atomic E-state index is -0.890. The Morgan fingerprint density at radius 1 is 1.44 bits per heavy atom. The maximum atomic E-state index is 10.5. The van der Waals surface area contributed by atoms with Crippen molar-refractivity contribution in [2.45, 2.75) is 13.8 Å². The predicted molar refractivity (Wildman–Crippen MR) is 73.1 cm³/mol. The first kappa shape index (κ1) is 12.6. The van der Waals surface area contributed by atoms with Gasteiger partial charge in [0, 0.05) is 10.9 Å². The molecule has 1 aromatic heterocycles. The molecule has 2 N–H and O–H groups in total. The molecule has 0 aliphatic heterocycles. The maximum absolute atomic E-state index is 10.5. The van der Waals surface area contributed by atoms with E-state index in [1.165, 1.54) is 16.9 Å². The van der Waals surface area contributed by atoms with Gasteiger partial charge in [-0.05, 0) is 25.5 Å². The molecule has 94 valence electrons. The Kier molecular flexibility index (Phi) is 3.62. The van der Waals surface area contributed by atoms with E-state index in [2.05, 4.69) is 28.5 Å². The lowest BCUT2D eigenvalue weighted by Crippen LogP contribution is -2.11. The monoisotopic (exact) mass is 262 g/mol. The second-order valence-corrected chi connectivity index (χ2v) is 4.96. The summed E-state index contributed by atoms with van der Waals surface area (Å²) in [4.78, 5) is 14.9. The Morgan fingerprint density at radius 2 is 2.22 bits per heavy atom. The second-order valence-electron chi connectivity index (χ2n) is 4.10. The van der Waals surface area contributed by atoms with Crippen LogP contribution in [0.2, 0.25) is 0 Å². The number of aryl methyl sites for hydroxylation is 2. The molecule has 2 aromatic rings. The lowest BCUT2D eigenvalue weighted by Gasteiger charge is -2.03. The zero-order valence-electron chi connectivity index (χ0n) is 10.2. The number of anilines is 1. The van der Waals surface area contributed by atoms with Crippen molar-refractivity contribution in [3.05, 3.63) is 34.7 Å². The summed E-state index contributed by atoms with van der Waals surface area (Å²) in [7, 11) is 0.